The minimum atomic E-state index is 0.120. The van der Waals surface area contributed by atoms with E-state index in [1.807, 2.05) is 65.4 Å². The van der Waals surface area contributed by atoms with Crippen LogP contribution in [0.25, 0.3) is 10.2 Å². The molecule has 5 heteroatoms. The van der Waals surface area contributed by atoms with E-state index >= 15 is 0 Å². The Labute approximate surface area is 151 Å². The average Bonchev–Trinajstić information content (AvgIpc) is 3.28. The van der Waals surface area contributed by atoms with Crippen LogP contribution in [-0.4, -0.2) is 35.9 Å². The molecule has 0 aliphatic carbocycles. The average molecular weight is 351 g/mol. The van der Waals surface area contributed by atoms with Crippen LogP contribution >= 0.6 is 11.3 Å². The number of aromatic nitrogens is 1. The fourth-order valence-electron chi connectivity index (χ4n) is 3.42. The Bertz CT molecular complexity index is 844. The van der Waals surface area contributed by atoms with Crippen LogP contribution in [0.1, 0.15) is 23.9 Å². The lowest BCUT2D eigenvalue weighted by atomic mass is 10.2. The van der Waals surface area contributed by atoms with E-state index in [2.05, 4.69) is 6.07 Å². The van der Waals surface area contributed by atoms with Crippen LogP contribution in [0.5, 0.6) is 0 Å². The molecule has 25 heavy (non-hydrogen) atoms. The lowest BCUT2D eigenvalue weighted by Crippen LogP contribution is -2.38. The van der Waals surface area contributed by atoms with Crippen LogP contribution in [0.4, 0.5) is 5.69 Å². The largest absolute Gasteiger partial charge is 0.365 e. The van der Waals surface area contributed by atoms with Crippen molar-refractivity contribution >= 4 is 33.1 Å². The number of nitrogens with zero attached hydrogens (tertiary/aromatic N) is 3. The first-order valence-electron chi connectivity index (χ1n) is 8.63. The number of thiazole rings is 1. The van der Waals surface area contributed by atoms with E-state index in [4.69, 9.17) is 4.98 Å². The molecule has 128 valence electrons. The molecular weight excluding hydrogens is 330 g/mol. The number of rotatable bonds is 4. The highest BCUT2D eigenvalue weighted by molar-refractivity contribution is 7.18. The van der Waals surface area contributed by atoms with Crippen LogP contribution in [0.2, 0.25) is 0 Å². The van der Waals surface area contributed by atoms with Crippen molar-refractivity contribution < 1.29 is 4.79 Å². The van der Waals surface area contributed by atoms with Gasteiger partial charge in [-0.25, -0.2) is 4.98 Å². The number of para-hydroxylation sites is 2. The monoisotopic (exact) mass is 351 g/mol. The summed E-state index contributed by atoms with van der Waals surface area (Å²) < 4.78 is 1.19. The molecule has 0 saturated carbocycles. The molecule has 1 unspecified atom stereocenters. The first-order chi connectivity index (χ1) is 12.2. The maximum Gasteiger partial charge on any atom is 0.242 e. The van der Waals surface area contributed by atoms with Crippen LogP contribution in [0, 0.1) is 0 Å². The minimum Gasteiger partial charge on any atom is -0.365 e. The Hall–Kier alpha value is -2.40. The molecule has 2 heterocycles. The second kappa shape index (κ2) is 6.84. The molecule has 1 aliphatic heterocycles. The molecule has 4 rings (SSSR count). The molecule has 4 nitrogen and oxygen atoms in total. The summed E-state index contributed by atoms with van der Waals surface area (Å²) in [5, 5.41) is 1.06. The fraction of sp³-hybridized carbons (Fsp3) is 0.300. The second-order valence-electron chi connectivity index (χ2n) is 6.46. The highest BCUT2D eigenvalue weighted by Gasteiger charge is 2.32. The van der Waals surface area contributed by atoms with Gasteiger partial charge in [0.05, 0.1) is 22.8 Å². The van der Waals surface area contributed by atoms with Gasteiger partial charge in [-0.3, -0.25) is 4.79 Å². The minimum absolute atomic E-state index is 0.120. The van der Waals surface area contributed by atoms with Crippen molar-refractivity contribution in [3.8, 4) is 0 Å². The summed E-state index contributed by atoms with van der Waals surface area (Å²) in [6.45, 7) is 1.22. The van der Waals surface area contributed by atoms with Gasteiger partial charge in [0.15, 0.2) is 0 Å². The van der Waals surface area contributed by atoms with Gasteiger partial charge in [-0.2, -0.15) is 0 Å². The number of amides is 1. The molecule has 1 amide bonds. The number of carbonyl (C=O) groups is 1. The van der Waals surface area contributed by atoms with Crippen molar-refractivity contribution in [3.05, 3.63) is 59.6 Å². The molecule has 1 fully saturated rings. The molecule has 2 aromatic carbocycles. The van der Waals surface area contributed by atoms with Crippen molar-refractivity contribution in [2.45, 2.75) is 18.9 Å². The van der Waals surface area contributed by atoms with Crippen LogP contribution in [0.15, 0.2) is 54.6 Å². The molecule has 0 bridgehead atoms. The number of likely N-dealkylation sites (N-methyl/N-ethyl adjacent to an activating group) is 1. The summed E-state index contributed by atoms with van der Waals surface area (Å²) in [4.78, 5) is 21.7. The standard InChI is InChI=1S/C20H21N3OS/c1-22(15-8-3-2-4-9-15)14-19(24)23-13-7-11-17(23)20-21-16-10-5-6-12-18(16)25-20/h2-6,8-10,12,17H,7,11,13-14H2,1H3. The third-order valence-electron chi connectivity index (χ3n) is 4.74. The number of hydrogen-bond acceptors (Lipinski definition) is 4. The summed E-state index contributed by atoms with van der Waals surface area (Å²) in [5.74, 6) is 0.174. The SMILES string of the molecule is CN(CC(=O)N1CCCC1c1nc2ccccc2s1)c1ccccc1. The van der Waals surface area contributed by atoms with E-state index in [1.54, 1.807) is 11.3 Å². The number of likely N-dealkylation sites (tertiary alicyclic amines) is 1. The summed E-state index contributed by atoms with van der Waals surface area (Å²) in [5.41, 5.74) is 2.09. The highest BCUT2D eigenvalue weighted by Crippen LogP contribution is 2.36. The van der Waals surface area contributed by atoms with Gasteiger partial charge in [0, 0.05) is 19.3 Å². The summed E-state index contributed by atoms with van der Waals surface area (Å²) in [6.07, 6.45) is 2.04. The molecule has 1 saturated heterocycles. The predicted molar refractivity (Wildman–Crippen MR) is 103 cm³/mol. The van der Waals surface area contributed by atoms with Gasteiger partial charge >= 0.3 is 0 Å². The quantitative estimate of drug-likeness (QED) is 0.710. The first-order valence-corrected chi connectivity index (χ1v) is 9.45. The van der Waals surface area contributed by atoms with Crippen molar-refractivity contribution in [2.75, 3.05) is 25.0 Å². The van der Waals surface area contributed by atoms with E-state index in [0.29, 0.717) is 6.54 Å². The zero-order chi connectivity index (χ0) is 17.2. The lowest BCUT2D eigenvalue weighted by Gasteiger charge is -2.26. The molecule has 0 radical (unpaired) electrons. The number of carbonyl (C=O) groups excluding carboxylic acids is 1. The van der Waals surface area contributed by atoms with Crippen molar-refractivity contribution in [1.82, 2.24) is 9.88 Å². The number of anilines is 1. The Kier molecular flexibility index (Phi) is 4.40. The molecule has 1 aliphatic rings. The number of fused-ring (bicyclic) bond motifs is 1. The summed E-state index contributed by atoms with van der Waals surface area (Å²) >= 11 is 1.71. The Balaban J connectivity index is 1.51. The maximum atomic E-state index is 12.9. The molecule has 3 aromatic rings. The van der Waals surface area contributed by atoms with Crippen molar-refractivity contribution in [3.63, 3.8) is 0 Å². The summed E-state index contributed by atoms with van der Waals surface area (Å²) in [6, 6.07) is 18.4. The van der Waals surface area contributed by atoms with Crippen LogP contribution < -0.4 is 4.90 Å². The molecule has 0 spiro atoms. The predicted octanol–water partition coefficient (Wildman–Crippen LogP) is 4.10. The molecule has 0 N–H and O–H groups in total. The number of hydrogen-bond donors (Lipinski definition) is 0. The Morgan fingerprint density at radius 1 is 1.20 bits per heavy atom. The summed E-state index contributed by atoms with van der Waals surface area (Å²) in [7, 11) is 1.97. The zero-order valence-electron chi connectivity index (χ0n) is 14.3. The molecule has 1 atom stereocenters. The third kappa shape index (κ3) is 3.24. The van der Waals surface area contributed by atoms with E-state index in [-0.39, 0.29) is 11.9 Å². The van der Waals surface area contributed by atoms with Crippen LogP contribution in [0.3, 0.4) is 0 Å². The van der Waals surface area contributed by atoms with Crippen molar-refractivity contribution in [1.29, 1.82) is 0 Å². The van der Waals surface area contributed by atoms with E-state index in [1.165, 1.54) is 4.70 Å². The fourth-order valence-corrected chi connectivity index (χ4v) is 4.54. The van der Waals surface area contributed by atoms with E-state index in [0.717, 1.165) is 35.6 Å². The smallest absolute Gasteiger partial charge is 0.242 e. The first kappa shape index (κ1) is 16.1. The number of benzene rings is 2. The van der Waals surface area contributed by atoms with Gasteiger partial charge in [-0.15, -0.1) is 11.3 Å². The van der Waals surface area contributed by atoms with Crippen LogP contribution in [-0.2, 0) is 4.79 Å². The Morgan fingerprint density at radius 2 is 1.96 bits per heavy atom. The maximum absolute atomic E-state index is 12.9. The Morgan fingerprint density at radius 3 is 2.76 bits per heavy atom. The van der Waals surface area contributed by atoms with Crippen molar-refractivity contribution in [2.24, 2.45) is 0 Å². The van der Waals surface area contributed by atoms with Gasteiger partial charge < -0.3 is 9.80 Å². The van der Waals surface area contributed by atoms with E-state index in [9.17, 15) is 4.79 Å². The van der Waals surface area contributed by atoms with Gasteiger partial charge in [0.25, 0.3) is 0 Å². The van der Waals surface area contributed by atoms with Gasteiger partial charge in [0.2, 0.25) is 5.91 Å². The molecule has 1 aromatic heterocycles. The third-order valence-corrected chi connectivity index (χ3v) is 5.88. The zero-order valence-corrected chi connectivity index (χ0v) is 15.1. The van der Waals surface area contributed by atoms with Gasteiger partial charge in [-0.1, -0.05) is 30.3 Å². The van der Waals surface area contributed by atoms with E-state index < -0.39 is 0 Å². The normalized spacial score (nSPS) is 17.2. The topological polar surface area (TPSA) is 36.4 Å². The van der Waals surface area contributed by atoms with Gasteiger partial charge in [0.1, 0.15) is 5.01 Å². The second-order valence-corrected chi connectivity index (χ2v) is 7.52. The molecular formula is C20H21N3OS. The van der Waals surface area contributed by atoms with Gasteiger partial charge in [-0.05, 0) is 37.1 Å². The highest BCUT2D eigenvalue weighted by atomic mass is 32.1. The lowest BCUT2D eigenvalue weighted by molar-refractivity contribution is -0.130.